The van der Waals surface area contributed by atoms with Gasteiger partial charge in [-0.15, -0.1) is 0 Å². The lowest BCUT2D eigenvalue weighted by molar-refractivity contribution is -0.142. The molecule has 1 rings (SSSR count). The molecule has 1 atom stereocenters. The Bertz CT molecular complexity index is 440. The summed E-state index contributed by atoms with van der Waals surface area (Å²) < 4.78 is 38.7. The maximum absolute atomic E-state index is 12.5. The van der Waals surface area contributed by atoms with E-state index in [-0.39, 0.29) is 5.91 Å². The predicted octanol–water partition coefficient (Wildman–Crippen LogP) is 2.69. The molecule has 1 heterocycles. The predicted molar refractivity (Wildman–Crippen MR) is 64.6 cm³/mol. The van der Waals surface area contributed by atoms with E-state index in [1.54, 1.807) is 0 Å². The Morgan fingerprint density at radius 1 is 1.53 bits per heavy atom. The average molecular weight is 277 g/mol. The van der Waals surface area contributed by atoms with Crippen molar-refractivity contribution in [1.29, 1.82) is 0 Å². The van der Waals surface area contributed by atoms with E-state index in [2.05, 4.69) is 10.4 Å². The van der Waals surface area contributed by atoms with Crippen molar-refractivity contribution < 1.29 is 18.0 Å². The van der Waals surface area contributed by atoms with Crippen LogP contribution in [0.4, 0.5) is 13.2 Å². The molecule has 1 amide bonds. The van der Waals surface area contributed by atoms with Crippen molar-refractivity contribution in [2.45, 2.75) is 45.8 Å². The summed E-state index contributed by atoms with van der Waals surface area (Å²) in [5, 5.41) is 6.14. The van der Waals surface area contributed by atoms with E-state index in [1.807, 2.05) is 6.92 Å². The third-order valence-electron chi connectivity index (χ3n) is 2.79. The summed E-state index contributed by atoms with van der Waals surface area (Å²) in [7, 11) is 0. The van der Waals surface area contributed by atoms with Crippen molar-refractivity contribution in [1.82, 2.24) is 15.1 Å². The van der Waals surface area contributed by atoms with E-state index in [0.717, 1.165) is 23.6 Å². The first-order valence-electron chi connectivity index (χ1n) is 6.18. The highest BCUT2D eigenvalue weighted by atomic mass is 19.4. The van der Waals surface area contributed by atoms with Gasteiger partial charge in [0.2, 0.25) is 5.91 Å². The van der Waals surface area contributed by atoms with E-state index < -0.39 is 17.9 Å². The number of hydrogen-bond donors (Lipinski definition) is 1. The van der Waals surface area contributed by atoms with Gasteiger partial charge in [0, 0.05) is 12.2 Å². The molecule has 1 unspecified atom stereocenters. The topological polar surface area (TPSA) is 46.9 Å². The number of hydrogen-bond acceptors (Lipinski definition) is 2. The fraction of sp³-hybridized carbons (Fsp3) is 0.667. The second kappa shape index (κ2) is 6.08. The molecule has 0 radical (unpaired) electrons. The highest BCUT2D eigenvalue weighted by Crippen LogP contribution is 2.29. The summed E-state index contributed by atoms with van der Waals surface area (Å²) in [5.74, 6) is -0.326. The minimum absolute atomic E-state index is 0.311. The van der Waals surface area contributed by atoms with Gasteiger partial charge >= 0.3 is 6.18 Å². The molecule has 0 saturated carbocycles. The Morgan fingerprint density at radius 3 is 2.63 bits per heavy atom. The molecule has 7 heteroatoms. The number of carbonyl (C=O) groups is 1. The molecule has 0 saturated heterocycles. The molecule has 4 nitrogen and oxygen atoms in total. The van der Waals surface area contributed by atoms with Crippen molar-refractivity contribution >= 4 is 5.91 Å². The van der Waals surface area contributed by atoms with Crippen LogP contribution in [-0.2, 0) is 11.0 Å². The molecule has 108 valence electrons. The highest BCUT2D eigenvalue weighted by Gasteiger charge is 2.35. The first-order chi connectivity index (χ1) is 8.77. The van der Waals surface area contributed by atoms with Crippen LogP contribution in [0.3, 0.4) is 0 Å². The van der Waals surface area contributed by atoms with Crippen molar-refractivity contribution in [3.8, 4) is 0 Å². The lowest BCUT2D eigenvalue weighted by Gasteiger charge is -2.14. The summed E-state index contributed by atoms with van der Waals surface area (Å²) in [5.41, 5.74) is -0.663. The van der Waals surface area contributed by atoms with Crippen LogP contribution in [0.15, 0.2) is 6.07 Å². The Labute approximate surface area is 110 Å². The first kappa shape index (κ1) is 15.5. The van der Waals surface area contributed by atoms with Gasteiger partial charge in [-0.25, -0.2) is 0 Å². The zero-order chi connectivity index (χ0) is 14.6. The van der Waals surface area contributed by atoms with E-state index in [9.17, 15) is 18.0 Å². The Kier molecular flexibility index (Phi) is 4.97. The number of amides is 1. The van der Waals surface area contributed by atoms with Gasteiger partial charge in [-0.1, -0.05) is 13.3 Å². The summed E-state index contributed by atoms with van der Waals surface area (Å²) >= 11 is 0. The summed E-state index contributed by atoms with van der Waals surface area (Å²) in [6.45, 7) is 5.54. The maximum Gasteiger partial charge on any atom is 0.435 e. The standard InChI is InChI=1S/C12H18F3N3O/c1-4-5-6-16-11(19)9(3)18-8(2)7-10(17-18)12(13,14)15/h7,9H,4-6H2,1-3H3,(H,16,19). The van der Waals surface area contributed by atoms with E-state index >= 15 is 0 Å². The smallest absolute Gasteiger partial charge is 0.354 e. The number of nitrogens with zero attached hydrogens (tertiary/aromatic N) is 2. The molecule has 0 aliphatic carbocycles. The van der Waals surface area contributed by atoms with Crippen molar-refractivity contribution in [2.75, 3.05) is 6.54 Å². The number of alkyl halides is 3. The van der Waals surface area contributed by atoms with Crippen LogP contribution in [-0.4, -0.2) is 22.2 Å². The van der Waals surface area contributed by atoms with Crippen LogP contribution in [0.2, 0.25) is 0 Å². The number of rotatable bonds is 5. The largest absolute Gasteiger partial charge is 0.435 e. The van der Waals surface area contributed by atoms with Gasteiger partial charge in [0.15, 0.2) is 5.69 Å². The zero-order valence-corrected chi connectivity index (χ0v) is 11.2. The normalized spacial score (nSPS) is 13.4. The number of aryl methyl sites for hydroxylation is 1. The molecule has 0 bridgehead atoms. The van der Waals surface area contributed by atoms with Crippen LogP contribution in [0.5, 0.6) is 0 Å². The molecular formula is C12H18F3N3O. The Balaban J connectivity index is 2.79. The summed E-state index contributed by atoms with van der Waals surface area (Å²) in [4.78, 5) is 11.8. The fourth-order valence-corrected chi connectivity index (χ4v) is 1.67. The van der Waals surface area contributed by atoms with Gasteiger partial charge in [0.1, 0.15) is 6.04 Å². The van der Waals surface area contributed by atoms with Crippen LogP contribution in [0.25, 0.3) is 0 Å². The monoisotopic (exact) mass is 277 g/mol. The third kappa shape index (κ3) is 3.97. The Morgan fingerprint density at radius 2 is 2.16 bits per heavy atom. The minimum atomic E-state index is -4.49. The molecule has 19 heavy (non-hydrogen) atoms. The zero-order valence-electron chi connectivity index (χ0n) is 11.2. The number of carbonyl (C=O) groups excluding carboxylic acids is 1. The molecule has 0 aliphatic rings. The molecule has 1 N–H and O–H groups in total. The van der Waals surface area contributed by atoms with Crippen molar-refractivity contribution in [2.24, 2.45) is 0 Å². The third-order valence-corrected chi connectivity index (χ3v) is 2.79. The van der Waals surface area contributed by atoms with Gasteiger partial charge in [-0.3, -0.25) is 9.48 Å². The van der Waals surface area contributed by atoms with Crippen LogP contribution in [0.1, 0.15) is 44.1 Å². The molecule has 1 aromatic rings. The lowest BCUT2D eigenvalue weighted by atomic mass is 10.3. The SMILES string of the molecule is CCCCNC(=O)C(C)n1nc(C(F)(F)F)cc1C. The highest BCUT2D eigenvalue weighted by molar-refractivity contribution is 5.79. The molecule has 0 aliphatic heterocycles. The van der Waals surface area contributed by atoms with Gasteiger partial charge in [0.05, 0.1) is 0 Å². The molecule has 0 fully saturated rings. The van der Waals surface area contributed by atoms with E-state index in [4.69, 9.17) is 0 Å². The van der Waals surface area contributed by atoms with Gasteiger partial charge in [0.25, 0.3) is 0 Å². The van der Waals surface area contributed by atoms with E-state index in [1.165, 1.54) is 13.8 Å². The summed E-state index contributed by atoms with van der Waals surface area (Å²) in [6.07, 6.45) is -2.72. The summed E-state index contributed by atoms with van der Waals surface area (Å²) in [6, 6.07) is 0.184. The maximum atomic E-state index is 12.5. The van der Waals surface area contributed by atoms with Crippen LogP contribution in [0, 0.1) is 6.92 Å². The Hall–Kier alpha value is -1.53. The number of nitrogens with one attached hydrogen (secondary N) is 1. The van der Waals surface area contributed by atoms with Crippen molar-refractivity contribution in [3.63, 3.8) is 0 Å². The number of unbranched alkanes of at least 4 members (excludes halogenated alkanes) is 1. The number of halogens is 3. The molecule has 0 spiro atoms. The molecule has 1 aromatic heterocycles. The molecule has 0 aromatic carbocycles. The first-order valence-corrected chi connectivity index (χ1v) is 6.18. The fourth-order valence-electron chi connectivity index (χ4n) is 1.67. The van der Waals surface area contributed by atoms with Gasteiger partial charge in [-0.2, -0.15) is 18.3 Å². The number of aromatic nitrogens is 2. The van der Waals surface area contributed by atoms with Gasteiger partial charge in [-0.05, 0) is 26.3 Å². The minimum Gasteiger partial charge on any atom is -0.354 e. The second-order valence-corrected chi connectivity index (χ2v) is 4.43. The average Bonchev–Trinajstić information content (AvgIpc) is 2.70. The lowest BCUT2D eigenvalue weighted by Crippen LogP contribution is -2.32. The van der Waals surface area contributed by atoms with Crippen LogP contribution < -0.4 is 5.32 Å². The van der Waals surface area contributed by atoms with Gasteiger partial charge < -0.3 is 5.32 Å². The second-order valence-electron chi connectivity index (χ2n) is 4.43. The van der Waals surface area contributed by atoms with E-state index in [0.29, 0.717) is 12.2 Å². The molecular weight excluding hydrogens is 259 g/mol. The van der Waals surface area contributed by atoms with Crippen molar-refractivity contribution in [3.05, 3.63) is 17.5 Å². The van der Waals surface area contributed by atoms with Crippen LogP contribution >= 0.6 is 0 Å². The quantitative estimate of drug-likeness (QED) is 0.841.